The molecule has 1 heterocycles. The van der Waals surface area contributed by atoms with Gasteiger partial charge in [-0.2, -0.15) is 0 Å². The lowest BCUT2D eigenvalue weighted by Crippen LogP contribution is -2.59. The Morgan fingerprint density at radius 3 is 2.48 bits per heavy atom. The lowest BCUT2D eigenvalue weighted by molar-refractivity contribution is -0.301. The number of esters is 1. The van der Waals surface area contributed by atoms with E-state index in [4.69, 9.17) is 14.6 Å². The first-order chi connectivity index (χ1) is 11.8. The predicted octanol–water partition coefficient (Wildman–Crippen LogP) is -0.271. The number of rotatable bonds is 9. The number of ether oxygens (including phenoxy) is 3. The molecular formula is C17H30O8. The van der Waals surface area contributed by atoms with Gasteiger partial charge in [0.1, 0.15) is 24.4 Å². The van der Waals surface area contributed by atoms with Crippen molar-refractivity contribution in [2.45, 2.75) is 63.8 Å². The van der Waals surface area contributed by atoms with Crippen molar-refractivity contribution in [1.82, 2.24) is 0 Å². The zero-order chi connectivity index (χ0) is 19.0. The van der Waals surface area contributed by atoms with Gasteiger partial charge < -0.3 is 34.6 Å². The predicted molar refractivity (Wildman–Crippen MR) is 88.5 cm³/mol. The summed E-state index contributed by atoms with van der Waals surface area (Å²) in [7, 11) is 1.35. The smallest absolute Gasteiger partial charge is 0.333 e. The van der Waals surface area contributed by atoms with E-state index in [0.717, 1.165) is 12.8 Å². The molecule has 1 saturated heterocycles. The number of aliphatic hydroxyl groups excluding tert-OH is 4. The molecular weight excluding hydrogens is 332 g/mol. The summed E-state index contributed by atoms with van der Waals surface area (Å²) < 4.78 is 15.4. The fourth-order valence-corrected chi connectivity index (χ4v) is 2.56. The topological polar surface area (TPSA) is 126 Å². The molecule has 0 aromatic carbocycles. The molecule has 0 unspecified atom stereocenters. The fourth-order valence-electron chi connectivity index (χ4n) is 2.56. The van der Waals surface area contributed by atoms with Gasteiger partial charge in [0.25, 0.3) is 0 Å². The number of carbonyl (C=O) groups excluding carboxylic acids is 1. The lowest BCUT2D eigenvalue weighted by Gasteiger charge is -2.39. The van der Waals surface area contributed by atoms with Crippen molar-refractivity contribution in [3.63, 3.8) is 0 Å². The minimum atomic E-state index is -1.43. The van der Waals surface area contributed by atoms with Crippen molar-refractivity contribution in [2.24, 2.45) is 5.92 Å². The van der Waals surface area contributed by atoms with Crippen LogP contribution in [0.15, 0.2) is 11.6 Å². The second-order valence-corrected chi connectivity index (χ2v) is 6.42. The monoisotopic (exact) mass is 362 g/mol. The Hall–Kier alpha value is -1.03. The summed E-state index contributed by atoms with van der Waals surface area (Å²) in [5.41, 5.74) is 0.576. The van der Waals surface area contributed by atoms with Crippen molar-refractivity contribution in [2.75, 3.05) is 20.3 Å². The molecule has 1 rings (SSSR count). The van der Waals surface area contributed by atoms with Gasteiger partial charge in [0.2, 0.25) is 0 Å². The van der Waals surface area contributed by atoms with Crippen molar-refractivity contribution < 1.29 is 39.4 Å². The highest BCUT2D eigenvalue weighted by molar-refractivity contribution is 5.87. The van der Waals surface area contributed by atoms with E-state index >= 15 is 0 Å². The fraction of sp³-hybridized carbons (Fsp3) is 0.824. The highest BCUT2D eigenvalue weighted by Gasteiger charge is 2.43. The van der Waals surface area contributed by atoms with E-state index in [1.807, 2.05) is 13.0 Å². The largest absolute Gasteiger partial charge is 0.466 e. The van der Waals surface area contributed by atoms with Gasteiger partial charge in [-0.1, -0.05) is 13.0 Å². The Labute approximate surface area is 148 Å². The Balaban J connectivity index is 2.32. The van der Waals surface area contributed by atoms with Crippen LogP contribution in [0, 0.1) is 5.92 Å². The van der Waals surface area contributed by atoms with E-state index in [9.17, 15) is 20.1 Å². The van der Waals surface area contributed by atoms with Crippen molar-refractivity contribution >= 4 is 5.97 Å². The molecule has 0 amide bonds. The quantitative estimate of drug-likeness (QED) is 0.326. The SMILES string of the molecule is COC(=O)/C(C)=C/CC[C@@H](C)CCO[C@@H]1O[C@H](CO)[C@@H](O)[C@H](O)[C@H]1O. The summed E-state index contributed by atoms with van der Waals surface area (Å²) in [5, 5.41) is 38.4. The normalized spacial score (nSPS) is 31.6. The second-order valence-electron chi connectivity index (χ2n) is 6.42. The molecule has 1 aliphatic rings. The van der Waals surface area contributed by atoms with Crippen LogP contribution in [-0.4, -0.2) is 77.4 Å². The van der Waals surface area contributed by atoms with Gasteiger partial charge in [-0.15, -0.1) is 0 Å². The number of carbonyl (C=O) groups is 1. The summed E-state index contributed by atoms with van der Waals surface area (Å²) in [6.45, 7) is 3.56. The van der Waals surface area contributed by atoms with Crippen LogP contribution in [-0.2, 0) is 19.0 Å². The van der Waals surface area contributed by atoms with Gasteiger partial charge in [-0.05, 0) is 32.1 Å². The van der Waals surface area contributed by atoms with Crippen LogP contribution in [0.3, 0.4) is 0 Å². The lowest BCUT2D eigenvalue weighted by atomic mass is 9.99. The Morgan fingerprint density at radius 2 is 1.88 bits per heavy atom. The summed E-state index contributed by atoms with van der Waals surface area (Å²) >= 11 is 0. The zero-order valence-corrected chi connectivity index (χ0v) is 15.0. The van der Waals surface area contributed by atoms with E-state index in [0.29, 0.717) is 24.5 Å². The maximum Gasteiger partial charge on any atom is 0.333 e. The molecule has 0 aliphatic carbocycles. The Bertz CT molecular complexity index is 436. The molecule has 4 N–H and O–H groups in total. The maximum atomic E-state index is 11.3. The number of hydrogen-bond acceptors (Lipinski definition) is 8. The molecule has 1 fully saturated rings. The number of aliphatic hydroxyl groups is 4. The van der Waals surface area contributed by atoms with Crippen LogP contribution < -0.4 is 0 Å². The van der Waals surface area contributed by atoms with E-state index in [1.54, 1.807) is 6.92 Å². The van der Waals surface area contributed by atoms with Crippen LogP contribution in [0.2, 0.25) is 0 Å². The van der Waals surface area contributed by atoms with Crippen LogP contribution in [0.25, 0.3) is 0 Å². The third-order valence-corrected chi connectivity index (χ3v) is 4.36. The molecule has 146 valence electrons. The van der Waals surface area contributed by atoms with Gasteiger partial charge in [0, 0.05) is 5.57 Å². The zero-order valence-electron chi connectivity index (χ0n) is 15.0. The van der Waals surface area contributed by atoms with E-state index in [1.165, 1.54) is 7.11 Å². The van der Waals surface area contributed by atoms with Crippen molar-refractivity contribution in [3.05, 3.63) is 11.6 Å². The molecule has 6 atom stereocenters. The number of allylic oxidation sites excluding steroid dienone is 1. The second kappa shape index (κ2) is 10.8. The summed E-state index contributed by atoms with van der Waals surface area (Å²) in [6, 6.07) is 0. The molecule has 0 bridgehead atoms. The van der Waals surface area contributed by atoms with Gasteiger partial charge >= 0.3 is 5.97 Å². The van der Waals surface area contributed by atoms with E-state index in [-0.39, 0.29) is 5.97 Å². The van der Waals surface area contributed by atoms with E-state index < -0.39 is 37.3 Å². The van der Waals surface area contributed by atoms with Crippen molar-refractivity contribution in [1.29, 1.82) is 0 Å². The Kier molecular flexibility index (Phi) is 9.55. The molecule has 0 radical (unpaired) electrons. The average Bonchev–Trinajstić information content (AvgIpc) is 2.60. The van der Waals surface area contributed by atoms with Gasteiger partial charge in [-0.3, -0.25) is 0 Å². The average molecular weight is 362 g/mol. The molecule has 1 aliphatic heterocycles. The molecule has 0 spiro atoms. The Morgan fingerprint density at radius 1 is 1.20 bits per heavy atom. The first kappa shape index (κ1) is 22.0. The van der Waals surface area contributed by atoms with Gasteiger partial charge in [0.05, 0.1) is 20.3 Å². The van der Waals surface area contributed by atoms with Crippen LogP contribution in [0.5, 0.6) is 0 Å². The minimum Gasteiger partial charge on any atom is -0.466 e. The summed E-state index contributed by atoms with van der Waals surface area (Å²) in [4.78, 5) is 11.3. The van der Waals surface area contributed by atoms with E-state index in [2.05, 4.69) is 4.74 Å². The van der Waals surface area contributed by atoms with Crippen molar-refractivity contribution in [3.8, 4) is 0 Å². The van der Waals surface area contributed by atoms with Crippen LogP contribution >= 0.6 is 0 Å². The standard InChI is InChI=1S/C17H30O8/c1-10(5-4-6-11(2)16(22)23-3)7-8-24-17-15(21)14(20)13(19)12(9-18)25-17/h6,10,12-15,17-21H,4-5,7-9H2,1-3H3/b11-6+/t10-,12-,13-,14+,15-,17-/m1/s1. The minimum absolute atomic E-state index is 0.295. The number of methoxy groups -OCH3 is 1. The third kappa shape index (κ3) is 6.65. The summed E-state index contributed by atoms with van der Waals surface area (Å²) in [5.74, 6) is -0.0230. The van der Waals surface area contributed by atoms with Crippen LogP contribution in [0.1, 0.15) is 33.1 Å². The number of hydrogen-bond donors (Lipinski definition) is 4. The van der Waals surface area contributed by atoms with Gasteiger partial charge in [0.15, 0.2) is 6.29 Å². The molecule has 0 aromatic heterocycles. The molecule has 25 heavy (non-hydrogen) atoms. The third-order valence-electron chi connectivity index (χ3n) is 4.36. The first-order valence-corrected chi connectivity index (χ1v) is 8.49. The molecule has 0 aromatic rings. The highest BCUT2D eigenvalue weighted by Crippen LogP contribution is 2.22. The molecule has 8 nitrogen and oxygen atoms in total. The molecule has 0 saturated carbocycles. The molecule has 8 heteroatoms. The van der Waals surface area contributed by atoms with Gasteiger partial charge in [-0.25, -0.2) is 4.79 Å². The van der Waals surface area contributed by atoms with Crippen LogP contribution in [0.4, 0.5) is 0 Å². The highest BCUT2D eigenvalue weighted by atomic mass is 16.7. The first-order valence-electron chi connectivity index (χ1n) is 8.49. The summed E-state index contributed by atoms with van der Waals surface area (Å²) in [6.07, 6.45) is -2.13. The maximum absolute atomic E-state index is 11.3.